The van der Waals surface area contributed by atoms with Crippen molar-refractivity contribution in [2.45, 2.75) is 13.0 Å². The third-order valence-electron chi connectivity index (χ3n) is 3.98. The van der Waals surface area contributed by atoms with Crippen LogP contribution in [0, 0.1) is 10.1 Å². The molecule has 138 valence electrons. The highest BCUT2D eigenvalue weighted by Gasteiger charge is 2.06. The molecule has 0 heterocycles. The molecule has 0 spiro atoms. The number of allylic oxidation sites excluding steroid dienone is 1. The second-order valence-corrected chi connectivity index (χ2v) is 5.99. The Balaban J connectivity index is 1.83. The molecular weight excluding hydrogens is 332 g/mol. The zero-order chi connectivity index (χ0) is 18.9. The van der Waals surface area contributed by atoms with Crippen molar-refractivity contribution < 1.29 is 14.4 Å². The van der Waals surface area contributed by atoms with Crippen molar-refractivity contribution in [3.63, 3.8) is 0 Å². The quantitative estimate of drug-likeness (QED) is 0.388. The molecule has 0 aliphatic carbocycles. The van der Waals surface area contributed by atoms with Gasteiger partial charge in [0.05, 0.1) is 19.1 Å². The first-order valence-corrected chi connectivity index (χ1v) is 8.31. The topological polar surface area (TPSA) is 64.8 Å². The average molecular weight is 356 g/mol. The van der Waals surface area contributed by atoms with E-state index in [9.17, 15) is 10.1 Å². The molecule has 2 aromatic rings. The van der Waals surface area contributed by atoms with Gasteiger partial charge in [0, 0.05) is 25.2 Å². The molecule has 0 aliphatic heterocycles. The predicted octanol–water partition coefficient (Wildman–Crippen LogP) is 3.84. The molecule has 2 rings (SSSR count). The van der Waals surface area contributed by atoms with Gasteiger partial charge >= 0.3 is 0 Å². The fourth-order valence-corrected chi connectivity index (χ4v) is 2.58. The summed E-state index contributed by atoms with van der Waals surface area (Å²) in [5.41, 5.74) is 2.32. The van der Waals surface area contributed by atoms with Gasteiger partial charge in [-0.2, -0.15) is 0 Å². The lowest BCUT2D eigenvalue weighted by molar-refractivity contribution is -0.384. The van der Waals surface area contributed by atoms with Gasteiger partial charge in [0.15, 0.2) is 11.5 Å². The van der Waals surface area contributed by atoms with Gasteiger partial charge in [0.1, 0.15) is 0 Å². The molecule has 0 amide bonds. The van der Waals surface area contributed by atoms with Crippen LogP contribution in [0.3, 0.4) is 0 Å². The Bertz CT molecular complexity index is 757. The van der Waals surface area contributed by atoms with Crippen LogP contribution in [-0.2, 0) is 13.0 Å². The average Bonchev–Trinajstić information content (AvgIpc) is 2.65. The molecular formula is C20H24N2O4. The molecule has 6 heteroatoms. The highest BCUT2D eigenvalue weighted by atomic mass is 16.6. The SMILES string of the molecule is COc1ccc(CN(C)CC=CCc2ccc([N+](=O)[O-])cc2)cc1OC. The van der Waals surface area contributed by atoms with E-state index in [2.05, 4.69) is 17.1 Å². The van der Waals surface area contributed by atoms with Gasteiger partial charge in [-0.3, -0.25) is 15.0 Å². The van der Waals surface area contributed by atoms with E-state index >= 15 is 0 Å². The van der Waals surface area contributed by atoms with E-state index in [4.69, 9.17) is 9.47 Å². The Hall–Kier alpha value is -2.86. The number of benzene rings is 2. The zero-order valence-electron chi connectivity index (χ0n) is 15.3. The van der Waals surface area contributed by atoms with E-state index in [-0.39, 0.29) is 10.6 Å². The number of non-ortho nitro benzene ring substituents is 1. The van der Waals surface area contributed by atoms with Crippen molar-refractivity contribution in [2.75, 3.05) is 27.8 Å². The minimum absolute atomic E-state index is 0.118. The molecule has 0 aliphatic rings. The van der Waals surface area contributed by atoms with Gasteiger partial charge in [-0.25, -0.2) is 0 Å². The fourth-order valence-electron chi connectivity index (χ4n) is 2.58. The summed E-state index contributed by atoms with van der Waals surface area (Å²) in [5, 5.41) is 10.6. The van der Waals surface area contributed by atoms with Gasteiger partial charge in [0.25, 0.3) is 5.69 Å². The lowest BCUT2D eigenvalue weighted by Gasteiger charge is -2.16. The summed E-state index contributed by atoms with van der Waals surface area (Å²) in [6.45, 7) is 1.60. The van der Waals surface area contributed by atoms with E-state index in [0.717, 1.165) is 42.1 Å². The summed E-state index contributed by atoms with van der Waals surface area (Å²) in [6, 6.07) is 12.6. The maximum atomic E-state index is 10.6. The van der Waals surface area contributed by atoms with Gasteiger partial charge < -0.3 is 9.47 Å². The monoisotopic (exact) mass is 356 g/mol. The number of methoxy groups -OCH3 is 2. The van der Waals surface area contributed by atoms with Crippen LogP contribution in [-0.4, -0.2) is 37.6 Å². The Morgan fingerprint density at radius 2 is 1.65 bits per heavy atom. The maximum absolute atomic E-state index is 10.6. The number of likely N-dealkylation sites (N-methyl/N-ethyl adjacent to an activating group) is 1. The summed E-state index contributed by atoms with van der Waals surface area (Å²) in [4.78, 5) is 12.4. The lowest BCUT2D eigenvalue weighted by Crippen LogP contribution is -2.17. The second kappa shape index (κ2) is 9.58. The second-order valence-electron chi connectivity index (χ2n) is 5.99. The van der Waals surface area contributed by atoms with Crippen molar-refractivity contribution in [1.29, 1.82) is 0 Å². The number of ether oxygens (including phenoxy) is 2. The molecule has 0 unspecified atom stereocenters. The Labute approximate surface area is 153 Å². The van der Waals surface area contributed by atoms with Crippen molar-refractivity contribution in [3.8, 4) is 11.5 Å². The Kier molecular flexibility index (Phi) is 7.17. The highest BCUT2D eigenvalue weighted by molar-refractivity contribution is 5.42. The van der Waals surface area contributed by atoms with Crippen LogP contribution in [0.1, 0.15) is 11.1 Å². The molecule has 6 nitrogen and oxygen atoms in total. The molecule has 0 saturated carbocycles. The summed E-state index contributed by atoms with van der Waals surface area (Å²) in [5.74, 6) is 1.45. The first kappa shape index (κ1) is 19.5. The number of hydrogen-bond donors (Lipinski definition) is 0. The van der Waals surface area contributed by atoms with Crippen LogP contribution in [0.2, 0.25) is 0 Å². The number of rotatable bonds is 9. The van der Waals surface area contributed by atoms with Crippen molar-refractivity contribution >= 4 is 5.69 Å². The van der Waals surface area contributed by atoms with Crippen LogP contribution in [0.5, 0.6) is 11.5 Å². The van der Waals surface area contributed by atoms with Gasteiger partial charge in [-0.05, 0) is 36.7 Å². The van der Waals surface area contributed by atoms with Crippen LogP contribution in [0.25, 0.3) is 0 Å². The molecule has 2 aromatic carbocycles. The molecule has 0 bridgehead atoms. The van der Waals surface area contributed by atoms with Crippen LogP contribution in [0.15, 0.2) is 54.6 Å². The summed E-state index contributed by atoms with van der Waals surface area (Å²) in [6.07, 6.45) is 4.93. The minimum atomic E-state index is -0.386. The van der Waals surface area contributed by atoms with E-state index in [1.165, 1.54) is 12.1 Å². The number of nitro groups is 1. The lowest BCUT2D eigenvalue weighted by atomic mass is 10.1. The van der Waals surface area contributed by atoms with Crippen molar-refractivity contribution in [3.05, 3.63) is 75.9 Å². The predicted molar refractivity (Wildman–Crippen MR) is 102 cm³/mol. The number of nitro benzene ring substituents is 1. The van der Waals surface area contributed by atoms with E-state index in [0.29, 0.717) is 0 Å². The number of nitrogens with zero attached hydrogens (tertiary/aromatic N) is 2. The summed E-state index contributed by atoms with van der Waals surface area (Å²) < 4.78 is 10.6. The molecule has 0 aromatic heterocycles. The molecule has 0 N–H and O–H groups in total. The normalized spacial score (nSPS) is 11.1. The maximum Gasteiger partial charge on any atom is 0.269 e. The number of hydrogen-bond acceptors (Lipinski definition) is 5. The Morgan fingerprint density at radius 1 is 1.00 bits per heavy atom. The summed E-state index contributed by atoms with van der Waals surface area (Å²) in [7, 11) is 5.30. The van der Waals surface area contributed by atoms with Crippen LogP contribution >= 0.6 is 0 Å². The van der Waals surface area contributed by atoms with Crippen molar-refractivity contribution in [1.82, 2.24) is 4.90 Å². The van der Waals surface area contributed by atoms with Crippen LogP contribution in [0.4, 0.5) is 5.69 Å². The van der Waals surface area contributed by atoms with Gasteiger partial charge in [-0.1, -0.05) is 30.4 Å². The molecule has 26 heavy (non-hydrogen) atoms. The molecule has 0 radical (unpaired) electrons. The third-order valence-corrected chi connectivity index (χ3v) is 3.98. The smallest absolute Gasteiger partial charge is 0.269 e. The molecule has 0 atom stereocenters. The summed E-state index contributed by atoms with van der Waals surface area (Å²) >= 11 is 0. The minimum Gasteiger partial charge on any atom is -0.493 e. The first-order valence-electron chi connectivity index (χ1n) is 8.31. The van der Waals surface area contributed by atoms with Crippen molar-refractivity contribution in [2.24, 2.45) is 0 Å². The van der Waals surface area contributed by atoms with E-state index in [1.807, 2.05) is 25.2 Å². The first-order chi connectivity index (χ1) is 12.5. The largest absolute Gasteiger partial charge is 0.493 e. The van der Waals surface area contributed by atoms with Gasteiger partial charge in [-0.15, -0.1) is 0 Å². The standard InChI is InChI=1S/C20H24N2O4/c1-21(15-17-9-12-19(25-2)20(14-17)26-3)13-5-4-6-16-7-10-18(11-8-16)22(23)24/h4-5,7-12,14H,6,13,15H2,1-3H3. The highest BCUT2D eigenvalue weighted by Crippen LogP contribution is 2.27. The van der Waals surface area contributed by atoms with E-state index in [1.54, 1.807) is 26.4 Å². The van der Waals surface area contributed by atoms with E-state index < -0.39 is 0 Å². The Morgan fingerprint density at radius 3 is 2.27 bits per heavy atom. The van der Waals surface area contributed by atoms with Gasteiger partial charge in [0.2, 0.25) is 0 Å². The fraction of sp³-hybridized carbons (Fsp3) is 0.300. The third kappa shape index (κ3) is 5.60. The molecule has 0 saturated heterocycles. The molecule has 0 fully saturated rings. The zero-order valence-corrected chi connectivity index (χ0v) is 15.3. The van der Waals surface area contributed by atoms with Crippen LogP contribution < -0.4 is 9.47 Å².